The molecule has 2 aromatic carbocycles. The number of hydrogen-bond donors (Lipinski definition) is 0. The minimum absolute atomic E-state index is 0.0746. The summed E-state index contributed by atoms with van der Waals surface area (Å²) in [7, 11) is 4.83. The predicted molar refractivity (Wildman–Crippen MR) is 97.3 cm³/mol. The third kappa shape index (κ3) is 4.89. The van der Waals surface area contributed by atoms with Crippen molar-refractivity contribution in [2.24, 2.45) is 0 Å². The zero-order chi connectivity index (χ0) is 18.2. The molecular weight excluding hydrogens is 318 g/mol. The van der Waals surface area contributed by atoms with Crippen molar-refractivity contribution in [3.63, 3.8) is 0 Å². The van der Waals surface area contributed by atoms with Crippen LogP contribution in [0.1, 0.15) is 18.1 Å². The first-order valence-electron chi connectivity index (χ1n) is 8.22. The number of carbonyl (C=O) groups excluding carboxylic acids is 1. The van der Waals surface area contributed by atoms with Crippen LogP contribution >= 0.6 is 0 Å². The van der Waals surface area contributed by atoms with Crippen LogP contribution in [0.15, 0.2) is 42.5 Å². The van der Waals surface area contributed by atoms with Crippen LogP contribution in [0.25, 0.3) is 0 Å². The van der Waals surface area contributed by atoms with Crippen LogP contribution in [0, 0.1) is 0 Å². The second kappa shape index (κ2) is 8.97. The van der Waals surface area contributed by atoms with Crippen molar-refractivity contribution in [2.45, 2.75) is 19.9 Å². The van der Waals surface area contributed by atoms with E-state index in [-0.39, 0.29) is 5.91 Å². The van der Waals surface area contributed by atoms with Gasteiger partial charge in [-0.25, -0.2) is 0 Å². The summed E-state index contributed by atoms with van der Waals surface area (Å²) < 4.78 is 15.8. The highest BCUT2D eigenvalue weighted by Crippen LogP contribution is 2.28. The first-order valence-corrected chi connectivity index (χ1v) is 8.22. The maximum absolute atomic E-state index is 12.7. The first-order chi connectivity index (χ1) is 12.1. The van der Waals surface area contributed by atoms with Crippen LogP contribution in [-0.2, 0) is 17.8 Å². The zero-order valence-electron chi connectivity index (χ0n) is 15.2. The Morgan fingerprint density at radius 1 is 0.920 bits per heavy atom. The van der Waals surface area contributed by atoms with Gasteiger partial charge in [-0.05, 0) is 42.3 Å². The van der Waals surface area contributed by atoms with Crippen molar-refractivity contribution >= 4 is 5.91 Å². The Kier molecular flexibility index (Phi) is 6.69. The van der Waals surface area contributed by atoms with Crippen LogP contribution in [0.4, 0.5) is 0 Å². The van der Waals surface area contributed by atoms with E-state index < -0.39 is 0 Å². The molecule has 1 amide bonds. The summed E-state index contributed by atoms with van der Waals surface area (Å²) in [4.78, 5) is 14.5. The summed E-state index contributed by atoms with van der Waals surface area (Å²) in [6.07, 6.45) is 0.346. The van der Waals surface area contributed by atoms with Gasteiger partial charge >= 0.3 is 0 Å². The van der Waals surface area contributed by atoms with E-state index >= 15 is 0 Å². The second-order valence-corrected chi connectivity index (χ2v) is 5.63. The largest absolute Gasteiger partial charge is 0.497 e. The van der Waals surface area contributed by atoms with Gasteiger partial charge in [-0.15, -0.1) is 0 Å². The molecule has 134 valence electrons. The van der Waals surface area contributed by atoms with E-state index in [1.807, 2.05) is 54.3 Å². The van der Waals surface area contributed by atoms with E-state index in [1.54, 1.807) is 21.3 Å². The van der Waals surface area contributed by atoms with Gasteiger partial charge in [0, 0.05) is 13.1 Å². The number of methoxy groups -OCH3 is 3. The molecule has 0 aliphatic heterocycles. The number of amides is 1. The van der Waals surface area contributed by atoms with Crippen LogP contribution in [0.5, 0.6) is 17.2 Å². The molecule has 0 saturated heterocycles. The van der Waals surface area contributed by atoms with Crippen molar-refractivity contribution < 1.29 is 19.0 Å². The molecule has 0 fully saturated rings. The molecule has 0 radical (unpaired) electrons. The molecule has 0 spiro atoms. The number of rotatable bonds is 8. The molecule has 0 unspecified atom stereocenters. The minimum Gasteiger partial charge on any atom is -0.497 e. The minimum atomic E-state index is 0.0746. The Hall–Kier alpha value is -2.69. The lowest BCUT2D eigenvalue weighted by Crippen LogP contribution is -2.31. The van der Waals surface area contributed by atoms with Crippen LogP contribution in [0.3, 0.4) is 0 Å². The molecule has 0 bridgehead atoms. The Balaban J connectivity index is 2.09. The number of nitrogens with zero attached hydrogens (tertiary/aromatic N) is 1. The normalized spacial score (nSPS) is 10.2. The topological polar surface area (TPSA) is 48.0 Å². The lowest BCUT2D eigenvalue weighted by atomic mass is 10.1. The standard InChI is InChI=1S/C20H25NO4/c1-5-21(14-16-9-10-18(24-3)19(12-16)25-4)20(22)13-15-7-6-8-17(11-15)23-2/h6-12H,5,13-14H2,1-4H3. The monoisotopic (exact) mass is 343 g/mol. The molecule has 0 N–H and O–H groups in total. The fourth-order valence-electron chi connectivity index (χ4n) is 2.64. The highest BCUT2D eigenvalue weighted by molar-refractivity contribution is 5.79. The second-order valence-electron chi connectivity index (χ2n) is 5.63. The highest BCUT2D eigenvalue weighted by Gasteiger charge is 2.14. The number of carbonyl (C=O) groups is 1. The Bertz CT molecular complexity index is 715. The number of hydrogen-bond acceptors (Lipinski definition) is 4. The Morgan fingerprint density at radius 2 is 1.68 bits per heavy atom. The fraction of sp³-hybridized carbons (Fsp3) is 0.350. The van der Waals surface area contributed by atoms with E-state index in [9.17, 15) is 4.79 Å². The maximum Gasteiger partial charge on any atom is 0.227 e. The van der Waals surface area contributed by atoms with Gasteiger partial charge in [0.25, 0.3) is 0 Å². The SMILES string of the molecule is CCN(Cc1ccc(OC)c(OC)c1)C(=O)Cc1cccc(OC)c1. The Labute approximate surface area is 149 Å². The molecule has 0 heterocycles. The average Bonchev–Trinajstić information content (AvgIpc) is 2.65. The van der Waals surface area contributed by atoms with E-state index in [0.717, 1.165) is 16.9 Å². The molecule has 25 heavy (non-hydrogen) atoms. The van der Waals surface area contributed by atoms with Gasteiger partial charge in [-0.2, -0.15) is 0 Å². The van der Waals surface area contributed by atoms with Crippen molar-refractivity contribution in [3.05, 3.63) is 53.6 Å². The van der Waals surface area contributed by atoms with Gasteiger partial charge < -0.3 is 19.1 Å². The van der Waals surface area contributed by atoms with Gasteiger partial charge in [0.05, 0.1) is 27.8 Å². The summed E-state index contributed by atoms with van der Waals surface area (Å²) in [5.41, 5.74) is 1.94. The van der Waals surface area contributed by atoms with Gasteiger partial charge in [0.1, 0.15) is 5.75 Å². The van der Waals surface area contributed by atoms with Crippen molar-refractivity contribution in [1.82, 2.24) is 4.90 Å². The Morgan fingerprint density at radius 3 is 2.32 bits per heavy atom. The first kappa shape index (κ1) is 18.6. The summed E-state index contributed by atoms with van der Waals surface area (Å²) in [5, 5.41) is 0. The van der Waals surface area contributed by atoms with Crippen LogP contribution < -0.4 is 14.2 Å². The summed E-state index contributed by atoms with van der Waals surface area (Å²) >= 11 is 0. The lowest BCUT2D eigenvalue weighted by molar-refractivity contribution is -0.130. The number of ether oxygens (including phenoxy) is 3. The van der Waals surface area contributed by atoms with Crippen molar-refractivity contribution in [3.8, 4) is 17.2 Å². The van der Waals surface area contributed by atoms with Gasteiger partial charge in [0.15, 0.2) is 11.5 Å². The molecule has 0 aromatic heterocycles. The summed E-state index contributed by atoms with van der Waals surface area (Å²) in [5.74, 6) is 2.17. The van der Waals surface area contributed by atoms with E-state index in [4.69, 9.17) is 14.2 Å². The third-order valence-electron chi connectivity index (χ3n) is 4.05. The number of benzene rings is 2. The zero-order valence-corrected chi connectivity index (χ0v) is 15.2. The van der Waals surface area contributed by atoms with E-state index in [2.05, 4.69) is 0 Å². The van der Waals surface area contributed by atoms with Gasteiger partial charge in [0.2, 0.25) is 5.91 Å². The van der Waals surface area contributed by atoms with Crippen molar-refractivity contribution in [1.29, 1.82) is 0 Å². The lowest BCUT2D eigenvalue weighted by Gasteiger charge is -2.22. The molecule has 0 aliphatic carbocycles. The van der Waals surface area contributed by atoms with Gasteiger partial charge in [-0.3, -0.25) is 4.79 Å². The summed E-state index contributed by atoms with van der Waals surface area (Å²) in [6.45, 7) is 3.14. The summed E-state index contributed by atoms with van der Waals surface area (Å²) in [6, 6.07) is 13.3. The predicted octanol–water partition coefficient (Wildman–Crippen LogP) is 3.30. The smallest absolute Gasteiger partial charge is 0.227 e. The fourth-order valence-corrected chi connectivity index (χ4v) is 2.64. The molecule has 0 atom stereocenters. The molecule has 2 rings (SSSR count). The number of likely N-dealkylation sites (N-methyl/N-ethyl adjacent to an activating group) is 1. The van der Waals surface area contributed by atoms with E-state index in [0.29, 0.717) is 31.0 Å². The van der Waals surface area contributed by atoms with Crippen LogP contribution in [-0.4, -0.2) is 38.7 Å². The quantitative estimate of drug-likeness (QED) is 0.738. The molecule has 0 aliphatic rings. The van der Waals surface area contributed by atoms with Crippen LogP contribution in [0.2, 0.25) is 0 Å². The molecule has 5 nitrogen and oxygen atoms in total. The highest BCUT2D eigenvalue weighted by atomic mass is 16.5. The van der Waals surface area contributed by atoms with Crippen molar-refractivity contribution in [2.75, 3.05) is 27.9 Å². The molecule has 2 aromatic rings. The molecule has 5 heteroatoms. The maximum atomic E-state index is 12.7. The molecular formula is C20H25NO4. The average molecular weight is 343 g/mol. The molecule has 0 saturated carbocycles. The third-order valence-corrected chi connectivity index (χ3v) is 4.05. The van der Waals surface area contributed by atoms with Gasteiger partial charge in [-0.1, -0.05) is 18.2 Å². The van der Waals surface area contributed by atoms with E-state index in [1.165, 1.54) is 0 Å².